The van der Waals surface area contributed by atoms with Crippen molar-refractivity contribution in [3.8, 4) is 0 Å². The van der Waals surface area contributed by atoms with Crippen molar-refractivity contribution in [2.75, 3.05) is 11.9 Å². The van der Waals surface area contributed by atoms with Gasteiger partial charge < -0.3 is 5.32 Å². The highest BCUT2D eigenvalue weighted by Gasteiger charge is 2.21. The lowest BCUT2D eigenvalue weighted by molar-refractivity contribution is 0.543. The van der Waals surface area contributed by atoms with Crippen molar-refractivity contribution in [3.63, 3.8) is 0 Å². The van der Waals surface area contributed by atoms with Gasteiger partial charge in [0.25, 0.3) is 0 Å². The van der Waals surface area contributed by atoms with E-state index < -0.39 is 10.0 Å². The summed E-state index contributed by atoms with van der Waals surface area (Å²) in [4.78, 5) is 0.405. The fourth-order valence-corrected chi connectivity index (χ4v) is 4.23. The number of nitrogens with one attached hydrogen (secondary N) is 2. The molecule has 5 heteroatoms. The number of anilines is 1. The van der Waals surface area contributed by atoms with Gasteiger partial charge in [0.2, 0.25) is 10.0 Å². The fourth-order valence-electron chi connectivity index (χ4n) is 2.50. The minimum atomic E-state index is -3.45. The average molecular weight is 298 g/mol. The van der Waals surface area contributed by atoms with Crippen molar-refractivity contribution < 1.29 is 8.42 Å². The SMILES string of the molecule is CCCC(C)NS(=O)(=O)c1c(C)cc(NCC)cc1C. The third-order valence-corrected chi connectivity index (χ3v) is 5.08. The lowest BCUT2D eigenvalue weighted by Crippen LogP contribution is -2.33. The van der Waals surface area contributed by atoms with Gasteiger partial charge in [-0.25, -0.2) is 13.1 Å². The predicted molar refractivity (Wildman–Crippen MR) is 84.8 cm³/mol. The molecule has 0 heterocycles. The quantitative estimate of drug-likeness (QED) is 0.812. The molecule has 0 radical (unpaired) electrons. The molecule has 0 spiro atoms. The molecule has 0 aromatic heterocycles. The molecule has 0 bridgehead atoms. The summed E-state index contributed by atoms with van der Waals surface area (Å²) >= 11 is 0. The van der Waals surface area contributed by atoms with Gasteiger partial charge in [0.15, 0.2) is 0 Å². The zero-order valence-electron chi connectivity index (χ0n) is 13.1. The molecule has 1 aromatic rings. The molecule has 1 rings (SSSR count). The lowest BCUT2D eigenvalue weighted by atomic mass is 10.1. The van der Waals surface area contributed by atoms with Gasteiger partial charge in [-0.3, -0.25) is 0 Å². The Kier molecular flexibility index (Phi) is 6.02. The topological polar surface area (TPSA) is 58.2 Å². The van der Waals surface area contributed by atoms with E-state index in [0.717, 1.165) is 36.2 Å². The highest BCUT2D eigenvalue weighted by atomic mass is 32.2. The molecular weight excluding hydrogens is 272 g/mol. The van der Waals surface area contributed by atoms with Crippen molar-refractivity contribution in [1.82, 2.24) is 4.72 Å². The van der Waals surface area contributed by atoms with Crippen LogP contribution in [0.4, 0.5) is 5.69 Å². The van der Waals surface area contributed by atoms with Crippen LogP contribution in [0.25, 0.3) is 0 Å². The second-order valence-corrected chi connectivity index (χ2v) is 6.93. The van der Waals surface area contributed by atoms with E-state index in [4.69, 9.17) is 0 Å². The van der Waals surface area contributed by atoms with Crippen molar-refractivity contribution in [1.29, 1.82) is 0 Å². The molecule has 0 aliphatic rings. The summed E-state index contributed by atoms with van der Waals surface area (Å²) in [5.41, 5.74) is 2.51. The second-order valence-electron chi connectivity index (χ2n) is 5.28. The molecule has 0 aliphatic carbocycles. The highest BCUT2D eigenvalue weighted by molar-refractivity contribution is 7.89. The zero-order chi connectivity index (χ0) is 15.3. The Balaban J connectivity index is 3.12. The minimum absolute atomic E-state index is 0.0442. The predicted octanol–water partition coefficient (Wildman–Crippen LogP) is 3.20. The van der Waals surface area contributed by atoms with Crippen LogP contribution in [0.15, 0.2) is 17.0 Å². The molecular formula is C15H26N2O2S. The maximum absolute atomic E-state index is 12.5. The maximum atomic E-state index is 12.5. The van der Waals surface area contributed by atoms with E-state index in [1.165, 1.54) is 0 Å². The first-order chi connectivity index (χ1) is 9.31. The Labute approximate surface area is 123 Å². The third-order valence-electron chi connectivity index (χ3n) is 3.19. The van der Waals surface area contributed by atoms with Gasteiger partial charge in [-0.2, -0.15) is 0 Å². The van der Waals surface area contributed by atoms with E-state index in [2.05, 4.69) is 10.0 Å². The first-order valence-electron chi connectivity index (χ1n) is 7.19. The Morgan fingerprint density at radius 3 is 2.15 bits per heavy atom. The minimum Gasteiger partial charge on any atom is -0.385 e. The fraction of sp³-hybridized carbons (Fsp3) is 0.600. The molecule has 0 aliphatic heterocycles. The van der Waals surface area contributed by atoms with Crippen LogP contribution in [0, 0.1) is 13.8 Å². The van der Waals surface area contributed by atoms with Crippen molar-refractivity contribution in [3.05, 3.63) is 23.3 Å². The van der Waals surface area contributed by atoms with Gasteiger partial charge in [0, 0.05) is 18.3 Å². The van der Waals surface area contributed by atoms with E-state index in [1.807, 2.05) is 46.8 Å². The molecule has 2 N–H and O–H groups in total. The second kappa shape index (κ2) is 7.09. The van der Waals surface area contributed by atoms with Crippen LogP contribution in [0.3, 0.4) is 0 Å². The molecule has 1 atom stereocenters. The smallest absolute Gasteiger partial charge is 0.241 e. The average Bonchev–Trinajstić information content (AvgIpc) is 2.26. The zero-order valence-corrected chi connectivity index (χ0v) is 13.9. The first kappa shape index (κ1) is 17.0. The molecule has 0 saturated heterocycles. The van der Waals surface area contributed by atoms with Gasteiger partial charge in [-0.1, -0.05) is 13.3 Å². The third kappa shape index (κ3) is 4.21. The van der Waals surface area contributed by atoms with E-state index in [0.29, 0.717) is 4.90 Å². The Morgan fingerprint density at radius 1 is 1.15 bits per heavy atom. The van der Waals surface area contributed by atoms with Gasteiger partial charge in [0.1, 0.15) is 0 Å². The van der Waals surface area contributed by atoms with Gasteiger partial charge in [0.05, 0.1) is 4.90 Å². The summed E-state index contributed by atoms with van der Waals surface area (Å²) in [5.74, 6) is 0. The Morgan fingerprint density at radius 2 is 1.70 bits per heavy atom. The van der Waals surface area contributed by atoms with E-state index in [9.17, 15) is 8.42 Å². The van der Waals surface area contributed by atoms with Crippen LogP contribution < -0.4 is 10.0 Å². The van der Waals surface area contributed by atoms with Crippen LogP contribution in [-0.2, 0) is 10.0 Å². The highest BCUT2D eigenvalue weighted by Crippen LogP contribution is 2.24. The van der Waals surface area contributed by atoms with Gasteiger partial charge >= 0.3 is 0 Å². The first-order valence-corrected chi connectivity index (χ1v) is 8.67. The number of hydrogen-bond donors (Lipinski definition) is 2. The number of hydrogen-bond acceptors (Lipinski definition) is 3. The van der Waals surface area contributed by atoms with E-state index in [-0.39, 0.29) is 6.04 Å². The number of rotatable bonds is 7. The largest absolute Gasteiger partial charge is 0.385 e. The maximum Gasteiger partial charge on any atom is 0.241 e. The number of benzene rings is 1. The standard InChI is InChI=1S/C15H26N2O2S/c1-6-8-13(5)17-20(18,19)15-11(3)9-14(16-7-2)10-12(15)4/h9-10,13,16-17H,6-8H2,1-5H3. The summed E-state index contributed by atoms with van der Waals surface area (Å²) in [5, 5.41) is 3.21. The van der Waals surface area contributed by atoms with Crippen molar-refractivity contribution in [2.45, 2.75) is 58.4 Å². The van der Waals surface area contributed by atoms with Crippen molar-refractivity contribution >= 4 is 15.7 Å². The lowest BCUT2D eigenvalue weighted by Gasteiger charge is -2.17. The molecule has 1 unspecified atom stereocenters. The van der Waals surface area contributed by atoms with Crippen LogP contribution in [-0.4, -0.2) is 21.0 Å². The summed E-state index contributed by atoms with van der Waals surface area (Å²) < 4.78 is 27.8. The summed E-state index contributed by atoms with van der Waals surface area (Å²) in [6.45, 7) is 10.5. The van der Waals surface area contributed by atoms with Crippen molar-refractivity contribution in [2.24, 2.45) is 0 Å². The monoisotopic (exact) mass is 298 g/mol. The number of sulfonamides is 1. The summed E-state index contributed by atoms with van der Waals surface area (Å²) in [6.07, 6.45) is 1.80. The van der Waals surface area contributed by atoms with Crippen LogP contribution >= 0.6 is 0 Å². The van der Waals surface area contributed by atoms with Crippen LogP contribution in [0.5, 0.6) is 0 Å². The Hall–Kier alpha value is -1.07. The normalized spacial score (nSPS) is 13.2. The van der Waals surface area contributed by atoms with Crippen LogP contribution in [0.1, 0.15) is 44.7 Å². The number of aryl methyl sites for hydroxylation is 2. The summed E-state index contributed by atoms with van der Waals surface area (Å²) in [7, 11) is -3.45. The molecule has 0 fully saturated rings. The molecule has 114 valence electrons. The molecule has 4 nitrogen and oxygen atoms in total. The van der Waals surface area contributed by atoms with E-state index in [1.54, 1.807) is 0 Å². The van der Waals surface area contributed by atoms with Gasteiger partial charge in [-0.15, -0.1) is 0 Å². The van der Waals surface area contributed by atoms with E-state index >= 15 is 0 Å². The summed E-state index contributed by atoms with van der Waals surface area (Å²) in [6, 6.07) is 3.72. The Bertz CT molecular complexity index is 530. The molecule has 0 amide bonds. The molecule has 1 aromatic carbocycles. The van der Waals surface area contributed by atoms with Gasteiger partial charge in [-0.05, 0) is 57.4 Å². The molecule has 20 heavy (non-hydrogen) atoms. The molecule has 0 saturated carbocycles. The van der Waals surface area contributed by atoms with Crippen LogP contribution in [0.2, 0.25) is 0 Å².